The van der Waals surface area contributed by atoms with Gasteiger partial charge in [-0.25, -0.2) is 0 Å². The van der Waals surface area contributed by atoms with Crippen molar-refractivity contribution in [3.63, 3.8) is 0 Å². The van der Waals surface area contributed by atoms with Crippen molar-refractivity contribution in [2.24, 2.45) is 0 Å². The quantitative estimate of drug-likeness (QED) is 0.361. The Hall–Kier alpha value is -3.72. The highest BCUT2D eigenvalue weighted by atomic mass is 32.2. The van der Waals surface area contributed by atoms with E-state index >= 15 is 0 Å². The lowest BCUT2D eigenvalue weighted by Gasteiger charge is -2.12. The molecule has 2 aromatic heterocycles. The molecule has 0 aliphatic carbocycles. The highest BCUT2D eigenvalue weighted by Gasteiger charge is 2.19. The summed E-state index contributed by atoms with van der Waals surface area (Å²) in [5, 5.41) is 12.3. The molecular weight excluding hydrogens is 440 g/mol. The lowest BCUT2D eigenvalue weighted by molar-refractivity contribution is -0.113. The van der Waals surface area contributed by atoms with E-state index < -0.39 is 0 Å². The van der Waals surface area contributed by atoms with Gasteiger partial charge < -0.3 is 19.2 Å². The van der Waals surface area contributed by atoms with Crippen LogP contribution in [0.25, 0.3) is 11.4 Å². The fourth-order valence-electron chi connectivity index (χ4n) is 3.34. The average molecular weight is 465 g/mol. The second-order valence-corrected chi connectivity index (χ2v) is 8.11. The number of aromatic nitrogens is 3. The SMILES string of the molecule is COc1ccc(NC(=O)CSc2nnc(-c3ccoc3C)n2Cc2ccccc2)c(OC)c1. The molecule has 170 valence electrons. The monoisotopic (exact) mass is 464 g/mol. The third kappa shape index (κ3) is 5.20. The van der Waals surface area contributed by atoms with Crippen LogP contribution in [-0.4, -0.2) is 40.6 Å². The Morgan fingerprint density at radius 3 is 2.61 bits per heavy atom. The van der Waals surface area contributed by atoms with Crippen LogP contribution in [0.4, 0.5) is 5.69 Å². The number of nitrogens with one attached hydrogen (secondary N) is 1. The van der Waals surface area contributed by atoms with Crippen molar-refractivity contribution in [3.8, 4) is 22.9 Å². The molecule has 4 rings (SSSR count). The molecule has 0 saturated carbocycles. The van der Waals surface area contributed by atoms with Gasteiger partial charge in [-0.3, -0.25) is 9.36 Å². The van der Waals surface area contributed by atoms with Crippen LogP contribution in [0.1, 0.15) is 11.3 Å². The second kappa shape index (κ2) is 10.3. The first-order valence-corrected chi connectivity index (χ1v) is 11.2. The first kappa shape index (κ1) is 22.5. The van der Waals surface area contributed by atoms with Crippen molar-refractivity contribution < 1.29 is 18.7 Å². The number of hydrogen-bond donors (Lipinski definition) is 1. The molecule has 0 atom stereocenters. The lowest BCUT2D eigenvalue weighted by Crippen LogP contribution is -2.15. The Morgan fingerprint density at radius 2 is 1.91 bits per heavy atom. The van der Waals surface area contributed by atoms with Gasteiger partial charge in [-0.05, 0) is 30.7 Å². The number of ether oxygens (including phenoxy) is 2. The van der Waals surface area contributed by atoms with E-state index in [9.17, 15) is 4.79 Å². The smallest absolute Gasteiger partial charge is 0.234 e. The van der Waals surface area contributed by atoms with Gasteiger partial charge in [0, 0.05) is 6.07 Å². The van der Waals surface area contributed by atoms with Crippen LogP contribution in [0.15, 0.2) is 70.4 Å². The molecule has 0 fully saturated rings. The molecule has 4 aromatic rings. The molecule has 0 aliphatic heterocycles. The summed E-state index contributed by atoms with van der Waals surface area (Å²) in [6.45, 7) is 2.46. The first-order valence-electron chi connectivity index (χ1n) is 10.2. The van der Waals surface area contributed by atoms with E-state index in [0.717, 1.165) is 16.9 Å². The van der Waals surface area contributed by atoms with Gasteiger partial charge in [0.05, 0.1) is 44.0 Å². The van der Waals surface area contributed by atoms with E-state index in [2.05, 4.69) is 15.5 Å². The first-order chi connectivity index (χ1) is 16.1. The topological polar surface area (TPSA) is 91.4 Å². The summed E-state index contributed by atoms with van der Waals surface area (Å²) in [5.41, 5.74) is 2.55. The molecule has 8 nitrogen and oxygen atoms in total. The van der Waals surface area contributed by atoms with Gasteiger partial charge in [0.25, 0.3) is 0 Å². The molecule has 1 N–H and O–H groups in total. The molecule has 9 heteroatoms. The minimum Gasteiger partial charge on any atom is -0.497 e. The number of anilines is 1. The van der Waals surface area contributed by atoms with Crippen LogP contribution < -0.4 is 14.8 Å². The highest BCUT2D eigenvalue weighted by molar-refractivity contribution is 7.99. The van der Waals surface area contributed by atoms with Crippen LogP contribution in [0.3, 0.4) is 0 Å². The van der Waals surface area contributed by atoms with Crippen molar-refractivity contribution in [2.75, 3.05) is 25.3 Å². The molecule has 0 aliphatic rings. The van der Waals surface area contributed by atoms with Crippen LogP contribution in [0, 0.1) is 6.92 Å². The Labute approximate surface area is 195 Å². The van der Waals surface area contributed by atoms with Gasteiger partial charge >= 0.3 is 0 Å². The van der Waals surface area contributed by atoms with Crippen LogP contribution >= 0.6 is 11.8 Å². The number of nitrogens with zero attached hydrogens (tertiary/aromatic N) is 3. The maximum atomic E-state index is 12.7. The molecule has 0 bridgehead atoms. The van der Waals surface area contributed by atoms with E-state index in [-0.39, 0.29) is 11.7 Å². The third-order valence-corrected chi connectivity index (χ3v) is 5.98. The Bertz CT molecular complexity index is 1240. The second-order valence-electron chi connectivity index (χ2n) is 7.17. The van der Waals surface area contributed by atoms with Crippen molar-refractivity contribution >= 4 is 23.4 Å². The zero-order valence-corrected chi connectivity index (χ0v) is 19.4. The summed E-state index contributed by atoms with van der Waals surface area (Å²) < 4.78 is 18.0. The Kier molecular flexibility index (Phi) is 6.99. The van der Waals surface area contributed by atoms with E-state index in [0.29, 0.717) is 34.7 Å². The van der Waals surface area contributed by atoms with Gasteiger partial charge in [-0.1, -0.05) is 42.1 Å². The minimum atomic E-state index is -0.182. The lowest BCUT2D eigenvalue weighted by atomic mass is 10.2. The van der Waals surface area contributed by atoms with Crippen LogP contribution in [0.2, 0.25) is 0 Å². The van der Waals surface area contributed by atoms with Crippen LogP contribution in [0.5, 0.6) is 11.5 Å². The normalized spacial score (nSPS) is 10.8. The number of carbonyl (C=O) groups excluding carboxylic acids is 1. The fraction of sp³-hybridized carbons (Fsp3) is 0.208. The fourth-order valence-corrected chi connectivity index (χ4v) is 4.08. The minimum absolute atomic E-state index is 0.159. The summed E-state index contributed by atoms with van der Waals surface area (Å²) >= 11 is 1.32. The molecule has 1 amide bonds. The molecule has 0 unspecified atom stereocenters. The zero-order valence-electron chi connectivity index (χ0n) is 18.6. The summed E-state index contributed by atoms with van der Waals surface area (Å²) in [5.74, 6) is 2.61. The number of methoxy groups -OCH3 is 2. The number of amides is 1. The Morgan fingerprint density at radius 1 is 1.09 bits per heavy atom. The van der Waals surface area contributed by atoms with Crippen molar-refractivity contribution in [1.29, 1.82) is 0 Å². The molecule has 0 spiro atoms. The molecule has 0 saturated heterocycles. The Balaban J connectivity index is 1.52. The molecule has 33 heavy (non-hydrogen) atoms. The van der Waals surface area contributed by atoms with E-state index in [1.54, 1.807) is 38.7 Å². The standard InChI is InChI=1S/C24H24N4O4S/c1-16-19(11-12-32-16)23-26-27-24(28(23)14-17-7-5-4-6-8-17)33-15-22(29)25-20-10-9-18(30-2)13-21(20)31-3/h4-13H,14-15H2,1-3H3,(H,25,29). The zero-order chi connectivity index (χ0) is 23.2. The number of hydrogen-bond acceptors (Lipinski definition) is 7. The average Bonchev–Trinajstić information content (AvgIpc) is 3.44. The summed E-state index contributed by atoms with van der Waals surface area (Å²) in [6, 6.07) is 17.2. The third-order valence-electron chi connectivity index (χ3n) is 5.02. The van der Waals surface area contributed by atoms with Gasteiger partial charge in [0.2, 0.25) is 5.91 Å². The van der Waals surface area contributed by atoms with Crippen molar-refractivity contribution in [1.82, 2.24) is 14.8 Å². The van der Waals surface area contributed by atoms with Gasteiger partial charge in [0.1, 0.15) is 17.3 Å². The van der Waals surface area contributed by atoms with Gasteiger partial charge in [0.15, 0.2) is 11.0 Å². The maximum absolute atomic E-state index is 12.7. The largest absolute Gasteiger partial charge is 0.497 e. The van der Waals surface area contributed by atoms with Crippen molar-refractivity contribution in [2.45, 2.75) is 18.6 Å². The number of aryl methyl sites for hydroxylation is 1. The maximum Gasteiger partial charge on any atom is 0.234 e. The van der Waals surface area contributed by atoms with Gasteiger partial charge in [-0.2, -0.15) is 0 Å². The van der Waals surface area contributed by atoms with E-state index in [1.165, 1.54) is 11.8 Å². The van der Waals surface area contributed by atoms with E-state index in [1.807, 2.05) is 47.9 Å². The molecule has 2 heterocycles. The molecular formula is C24H24N4O4S. The number of rotatable bonds is 9. The highest BCUT2D eigenvalue weighted by Crippen LogP contribution is 2.30. The molecule has 2 aromatic carbocycles. The number of furan rings is 1. The van der Waals surface area contributed by atoms with Crippen LogP contribution in [-0.2, 0) is 11.3 Å². The number of thioether (sulfide) groups is 1. The predicted octanol–water partition coefficient (Wildman–Crippen LogP) is 4.64. The van der Waals surface area contributed by atoms with E-state index in [4.69, 9.17) is 13.9 Å². The van der Waals surface area contributed by atoms with Gasteiger partial charge in [-0.15, -0.1) is 10.2 Å². The summed E-state index contributed by atoms with van der Waals surface area (Å²) in [6.07, 6.45) is 1.63. The van der Waals surface area contributed by atoms with Crippen molar-refractivity contribution in [3.05, 3.63) is 72.2 Å². The predicted molar refractivity (Wildman–Crippen MR) is 127 cm³/mol. The number of benzene rings is 2. The summed E-state index contributed by atoms with van der Waals surface area (Å²) in [4.78, 5) is 12.7. The number of carbonyl (C=O) groups is 1. The molecule has 0 radical (unpaired) electrons. The summed E-state index contributed by atoms with van der Waals surface area (Å²) in [7, 11) is 3.12.